The lowest BCUT2D eigenvalue weighted by Crippen LogP contribution is -2.33. The largest absolute Gasteiger partial charge is 0.399 e. The molecule has 4 nitrogen and oxygen atoms in total. The van der Waals surface area contributed by atoms with E-state index in [1.807, 2.05) is 31.2 Å². The summed E-state index contributed by atoms with van der Waals surface area (Å²) in [4.78, 5) is 0.988. The Kier molecular flexibility index (Phi) is 6.41. The number of hydrogen-bond acceptors (Lipinski definition) is 4. The van der Waals surface area contributed by atoms with Gasteiger partial charge in [0.15, 0.2) is 0 Å². The Balaban J connectivity index is 2.54. The molecule has 0 bridgehead atoms. The molecule has 0 heterocycles. The average molecular weight is 300 g/mol. The van der Waals surface area contributed by atoms with E-state index in [0.717, 1.165) is 4.90 Å². The van der Waals surface area contributed by atoms with Gasteiger partial charge in [-0.3, -0.25) is 0 Å². The van der Waals surface area contributed by atoms with Crippen LogP contribution in [0.25, 0.3) is 0 Å². The van der Waals surface area contributed by atoms with Crippen LogP contribution in [-0.4, -0.2) is 37.3 Å². The van der Waals surface area contributed by atoms with Crippen LogP contribution in [0.15, 0.2) is 41.8 Å². The van der Waals surface area contributed by atoms with Gasteiger partial charge in [0.05, 0.1) is 5.75 Å². The van der Waals surface area contributed by atoms with Gasteiger partial charge in [-0.25, -0.2) is 8.42 Å². The standard InChI is InChI=1S/C13H20N2O2S2/c1-3-8-15(4-2)19(16,17)10-9-18-13-7-5-6-12(14)11-13/h3,5-7,11H,1,4,8-10,14H2,2H3. The van der Waals surface area contributed by atoms with Crippen molar-refractivity contribution in [3.8, 4) is 0 Å². The number of benzene rings is 1. The molecule has 0 saturated heterocycles. The fourth-order valence-electron chi connectivity index (χ4n) is 1.58. The zero-order valence-electron chi connectivity index (χ0n) is 11.1. The van der Waals surface area contributed by atoms with Crippen molar-refractivity contribution in [3.63, 3.8) is 0 Å². The molecule has 1 aromatic rings. The molecule has 1 aromatic carbocycles. The van der Waals surface area contributed by atoms with E-state index < -0.39 is 10.0 Å². The molecule has 0 aliphatic carbocycles. The SMILES string of the molecule is C=CCN(CC)S(=O)(=O)CCSc1cccc(N)c1. The molecule has 6 heteroatoms. The summed E-state index contributed by atoms with van der Waals surface area (Å²) in [5, 5.41) is 0. The smallest absolute Gasteiger partial charge is 0.215 e. The fraction of sp³-hybridized carbons (Fsp3) is 0.385. The van der Waals surface area contributed by atoms with E-state index in [1.54, 1.807) is 6.08 Å². The van der Waals surface area contributed by atoms with Crippen molar-refractivity contribution in [2.75, 3.05) is 30.3 Å². The van der Waals surface area contributed by atoms with Gasteiger partial charge in [0.2, 0.25) is 10.0 Å². The first-order valence-corrected chi connectivity index (χ1v) is 8.66. The number of rotatable bonds is 8. The summed E-state index contributed by atoms with van der Waals surface area (Å²) in [5.74, 6) is 0.633. The van der Waals surface area contributed by atoms with Crippen LogP contribution in [0.1, 0.15) is 6.92 Å². The number of anilines is 1. The van der Waals surface area contributed by atoms with Crippen LogP contribution >= 0.6 is 11.8 Å². The fourth-order valence-corrected chi connectivity index (χ4v) is 4.37. The third-order valence-electron chi connectivity index (χ3n) is 2.55. The minimum absolute atomic E-state index is 0.119. The summed E-state index contributed by atoms with van der Waals surface area (Å²) in [5.41, 5.74) is 6.36. The molecule has 0 atom stereocenters. The second-order valence-corrected chi connectivity index (χ2v) is 7.23. The third kappa shape index (κ3) is 5.26. The molecular weight excluding hydrogens is 280 g/mol. The third-order valence-corrected chi connectivity index (χ3v) is 5.71. The van der Waals surface area contributed by atoms with E-state index in [2.05, 4.69) is 6.58 Å². The van der Waals surface area contributed by atoms with E-state index in [0.29, 0.717) is 24.5 Å². The molecule has 106 valence electrons. The highest BCUT2D eigenvalue weighted by atomic mass is 32.2. The predicted octanol–water partition coefficient (Wildman–Crippen LogP) is 2.20. The second-order valence-electron chi connectivity index (χ2n) is 3.98. The monoisotopic (exact) mass is 300 g/mol. The summed E-state index contributed by atoms with van der Waals surface area (Å²) >= 11 is 1.50. The first-order valence-electron chi connectivity index (χ1n) is 6.06. The molecule has 2 N–H and O–H groups in total. The molecule has 0 aromatic heterocycles. The molecule has 1 rings (SSSR count). The lowest BCUT2D eigenvalue weighted by molar-refractivity contribution is 0.461. The van der Waals surface area contributed by atoms with Gasteiger partial charge in [-0.05, 0) is 18.2 Å². The Morgan fingerprint density at radius 2 is 2.21 bits per heavy atom. The maximum Gasteiger partial charge on any atom is 0.215 e. The maximum atomic E-state index is 12.0. The van der Waals surface area contributed by atoms with Crippen LogP contribution in [-0.2, 0) is 10.0 Å². The molecule has 0 radical (unpaired) electrons. The normalized spacial score (nSPS) is 11.7. The number of nitrogens with two attached hydrogens (primary N) is 1. The van der Waals surface area contributed by atoms with Crippen LogP contribution in [0.2, 0.25) is 0 Å². The number of hydrogen-bond donors (Lipinski definition) is 1. The van der Waals surface area contributed by atoms with Crippen molar-refractivity contribution in [3.05, 3.63) is 36.9 Å². The molecule has 0 amide bonds. The minimum Gasteiger partial charge on any atom is -0.399 e. The summed E-state index contributed by atoms with van der Waals surface area (Å²) in [6.45, 7) is 6.23. The molecule has 0 saturated carbocycles. The van der Waals surface area contributed by atoms with Crippen molar-refractivity contribution in [2.45, 2.75) is 11.8 Å². The van der Waals surface area contributed by atoms with E-state index in [1.165, 1.54) is 16.1 Å². The first kappa shape index (κ1) is 16.1. The van der Waals surface area contributed by atoms with Crippen LogP contribution in [0, 0.1) is 0 Å². The molecule has 19 heavy (non-hydrogen) atoms. The van der Waals surface area contributed by atoms with Crippen LogP contribution in [0.3, 0.4) is 0 Å². The van der Waals surface area contributed by atoms with Gasteiger partial charge < -0.3 is 5.73 Å². The topological polar surface area (TPSA) is 63.4 Å². The van der Waals surface area contributed by atoms with Crippen molar-refractivity contribution >= 4 is 27.5 Å². The van der Waals surface area contributed by atoms with Crippen LogP contribution in [0.5, 0.6) is 0 Å². The lowest BCUT2D eigenvalue weighted by Gasteiger charge is -2.18. The maximum absolute atomic E-state index is 12.0. The Hall–Kier alpha value is -0.980. The molecule has 0 unspecified atom stereocenters. The van der Waals surface area contributed by atoms with Crippen molar-refractivity contribution in [1.82, 2.24) is 4.31 Å². The predicted molar refractivity (Wildman–Crippen MR) is 82.8 cm³/mol. The Morgan fingerprint density at radius 1 is 1.47 bits per heavy atom. The number of sulfonamides is 1. The molecule has 0 spiro atoms. The minimum atomic E-state index is -3.20. The van der Waals surface area contributed by atoms with E-state index in [-0.39, 0.29) is 5.75 Å². The second kappa shape index (κ2) is 7.57. The zero-order chi connectivity index (χ0) is 14.3. The van der Waals surface area contributed by atoms with Gasteiger partial charge in [-0.15, -0.1) is 18.3 Å². The zero-order valence-corrected chi connectivity index (χ0v) is 12.7. The average Bonchev–Trinajstić information content (AvgIpc) is 2.35. The van der Waals surface area contributed by atoms with Crippen molar-refractivity contribution in [1.29, 1.82) is 0 Å². The van der Waals surface area contributed by atoms with E-state index in [4.69, 9.17) is 5.73 Å². The van der Waals surface area contributed by atoms with E-state index in [9.17, 15) is 8.42 Å². The molecule has 0 aliphatic heterocycles. The van der Waals surface area contributed by atoms with Crippen LogP contribution < -0.4 is 5.73 Å². The van der Waals surface area contributed by atoms with Gasteiger partial charge >= 0.3 is 0 Å². The lowest BCUT2D eigenvalue weighted by atomic mass is 10.3. The number of likely N-dealkylation sites (N-methyl/N-ethyl adjacent to an activating group) is 1. The Morgan fingerprint density at radius 3 is 2.79 bits per heavy atom. The van der Waals surface area contributed by atoms with Gasteiger partial charge in [0, 0.05) is 29.4 Å². The summed E-state index contributed by atoms with van der Waals surface area (Å²) in [7, 11) is -3.20. The Labute approximate surface area is 119 Å². The quantitative estimate of drug-likeness (QED) is 0.454. The van der Waals surface area contributed by atoms with Gasteiger partial charge in [0.1, 0.15) is 0 Å². The highest BCUT2D eigenvalue weighted by molar-refractivity contribution is 8.00. The number of thioether (sulfide) groups is 1. The summed E-state index contributed by atoms with van der Waals surface area (Å²) in [6, 6.07) is 7.44. The first-order chi connectivity index (χ1) is 8.99. The van der Waals surface area contributed by atoms with Crippen molar-refractivity contribution < 1.29 is 8.42 Å². The van der Waals surface area contributed by atoms with Crippen molar-refractivity contribution in [2.24, 2.45) is 0 Å². The van der Waals surface area contributed by atoms with Gasteiger partial charge in [0.25, 0.3) is 0 Å². The summed E-state index contributed by atoms with van der Waals surface area (Å²) < 4.78 is 25.5. The summed E-state index contributed by atoms with van der Waals surface area (Å²) in [6.07, 6.45) is 1.60. The van der Waals surface area contributed by atoms with Gasteiger partial charge in [-0.2, -0.15) is 4.31 Å². The number of nitrogens with zero attached hydrogens (tertiary/aromatic N) is 1. The van der Waals surface area contributed by atoms with Crippen LogP contribution in [0.4, 0.5) is 5.69 Å². The van der Waals surface area contributed by atoms with E-state index >= 15 is 0 Å². The highest BCUT2D eigenvalue weighted by Gasteiger charge is 2.18. The Bertz CT molecular complexity index is 515. The van der Waals surface area contributed by atoms with Gasteiger partial charge in [-0.1, -0.05) is 19.1 Å². The number of nitrogen functional groups attached to an aromatic ring is 1. The highest BCUT2D eigenvalue weighted by Crippen LogP contribution is 2.20. The molecule has 0 fully saturated rings. The molecule has 0 aliphatic rings. The molecular formula is C13H20N2O2S2.